The number of fused-ring (bicyclic) bond motifs is 2. The first kappa shape index (κ1) is 19.4. The van der Waals surface area contributed by atoms with E-state index < -0.39 is 5.91 Å². The molecule has 1 saturated heterocycles. The second-order valence-corrected chi connectivity index (χ2v) is 9.54. The van der Waals surface area contributed by atoms with E-state index >= 15 is 0 Å². The number of carbonyl (C=O) groups is 2. The van der Waals surface area contributed by atoms with E-state index in [1.54, 1.807) is 16.2 Å². The molecule has 0 radical (unpaired) electrons. The number of aromatic nitrogens is 1. The van der Waals surface area contributed by atoms with Crippen LogP contribution >= 0.6 is 11.3 Å². The lowest BCUT2D eigenvalue weighted by Crippen LogP contribution is -2.44. The van der Waals surface area contributed by atoms with Gasteiger partial charge in [-0.3, -0.25) is 19.4 Å². The lowest BCUT2D eigenvalue weighted by Gasteiger charge is -2.36. The fraction of sp³-hybridized carbons (Fsp3) is 0.375. The van der Waals surface area contributed by atoms with Gasteiger partial charge in [0.15, 0.2) is 0 Å². The molecule has 6 heteroatoms. The highest BCUT2D eigenvalue weighted by molar-refractivity contribution is 7.18. The fourth-order valence-electron chi connectivity index (χ4n) is 4.47. The molecule has 154 valence electrons. The van der Waals surface area contributed by atoms with Crippen LogP contribution in [-0.2, 0) is 4.79 Å². The lowest BCUT2D eigenvalue weighted by atomic mass is 9.99. The Morgan fingerprint density at radius 3 is 2.77 bits per heavy atom. The Hall–Kier alpha value is -2.57. The number of thiazole rings is 1. The molecular formula is C24H25N3O2S. The minimum Gasteiger partial charge on any atom is -0.291 e. The van der Waals surface area contributed by atoms with E-state index in [0.717, 1.165) is 47.6 Å². The van der Waals surface area contributed by atoms with Crippen LogP contribution in [0.1, 0.15) is 66.0 Å². The largest absolute Gasteiger partial charge is 0.300 e. The van der Waals surface area contributed by atoms with E-state index in [-0.39, 0.29) is 11.8 Å². The van der Waals surface area contributed by atoms with Crippen LogP contribution in [0.15, 0.2) is 42.5 Å². The van der Waals surface area contributed by atoms with Crippen molar-refractivity contribution in [3.05, 3.63) is 58.6 Å². The molecule has 0 aliphatic carbocycles. The molecule has 2 aliphatic rings. The summed E-state index contributed by atoms with van der Waals surface area (Å²) in [6, 6.07) is 14.2. The van der Waals surface area contributed by atoms with Gasteiger partial charge in [0.05, 0.1) is 34.2 Å². The quantitative estimate of drug-likeness (QED) is 0.550. The molecule has 0 bridgehead atoms. The van der Waals surface area contributed by atoms with Gasteiger partial charge in [0.25, 0.3) is 5.78 Å². The van der Waals surface area contributed by atoms with Gasteiger partial charge in [-0.1, -0.05) is 38.5 Å². The number of nitrogens with zero attached hydrogens (tertiary/aromatic N) is 3. The molecule has 1 aromatic heterocycles. The van der Waals surface area contributed by atoms with Gasteiger partial charge in [-0.25, -0.2) is 4.98 Å². The van der Waals surface area contributed by atoms with Gasteiger partial charge in [-0.2, -0.15) is 0 Å². The number of para-hydroxylation sites is 1. The molecule has 3 heterocycles. The minimum atomic E-state index is -0.417. The highest BCUT2D eigenvalue weighted by Crippen LogP contribution is 2.38. The summed E-state index contributed by atoms with van der Waals surface area (Å²) in [6.45, 7) is 5.52. The van der Waals surface area contributed by atoms with Crippen LogP contribution in [0.3, 0.4) is 0 Å². The van der Waals surface area contributed by atoms with Gasteiger partial charge in [0, 0.05) is 6.54 Å². The summed E-state index contributed by atoms with van der Waals surface area (Å²) in [5.74, 6) is -0.488. The number of amides is 1. The number of carbonyl (C=O) groups excluding carboxylic acids is 2. The van der Waals surface area contributed by atoms with Gasteiger partial charge in [0.1, 0.15) is 5.01 Å². The zero-order valence-corrected chi connectivity index (χ0v) is 18.1. The summed E-state index contributed by atoms with van der Waals surface area (Å²) in [7, 11) is 0. The first-order valence-electron chi connectivity index (χ1n) is 10.6. The highest BCUT2D eigenvalue weighted by atomic mass is 32.1. The van der Waals surface area contributed by atoms with E-state index in [4.69, 9.17) is 4.98 Å². The number of likely N-dealkylation sites (tertiary alicyclic amines) is 1. The number of Topliss-reactive ketones (excluding diaryl/α,β-unsaturated/α-hetero) is 1. The van der Waals surface area contributed by atoms with Crippen LogP contribution in [-0.4, -0.2) is 34.8 Å². The molecule has 0 N–H and O–H groups in total. The normalized spacial score (nSPS) is 19.8. The van der Waals surface area contributed by atoms with Crippen LogP contribution in [0.5, 0.6) is 0 Å². The summed E-state index contributed by atoms with van der Waals surface area (Å²) in [6.07, 6.45) is 3.27. The van der Waals surface area contributed by atoms with E-state index in [0.29, 0.717) is 18.2 Å². The van der Waals surface area contributed by atoms with E-state index in [1.165, 1.54) is 4.70 Å². The van der Waals surface area contributed by atoms with Crippen LogP contribution < -0.4 is 4.90 Å². The first-order chi connectivity index (χ1) is 14.5. The molecule has 0 spiro atoms. The summed E-state index contributed by atoms with van der Waals surface area (Å²) in [5, 5.41) is 1.10. The number of hydrogen-bond acceptors (Lipinski definition) is 5. The Kier molecular flexibility index (Phi) is 4.91. The molecule has 2 aliphatic heterocycles. The van der Waals surface area contributed by atoms with Crippen molar-refractivity contribution in [3.63, 3.8) is 0 Å². The number of hydrogen-bond donors (Lipinski definition) is 0. The number of anilines is 1. The Bertz CT molecular complexity index is 1100. The average molecular weight is 420 g/mol. The number of piperidine rings is 1. The molecule has 0 unspecified atom stereocenters. The molecule has 30 heavy (non-hydrogen) atoms. The summed E-state index contributed by atoms with van der Waals surface area (Å²) in [5.41, 5.74) is 3.40. The van der Waals surface area contributed by atoms with Crippen molar-refractivity contribution in [1.82, 2.24) is 9.88 Å². The van der Waals surface area contributed by atoms with E-state index in [1.807, 2.05) is 36.4 Å². The monoisotopic (exact) mass is 419 g/mol. The van der Waals surface area contributed by atoms with Crippen LogP contribution in [0.2, 0.25) is 0 Å². The lowest BCUT2D eigenvalue weighted by molar-refractivity contribution is -0.114. The zero-order chi connectivity index (χ0) is 20.8. The molecule has 1 atom stereocenters. The highest BCUT2D eigenvalue weighted by Gasteiger charge is 2.38. The predicted octanol–water partition coefficient (Wildman–Crippen LogP) is 5.13. The van der Waals surface area contributed by atoms with Gasteiger partial charge in [-0.05, 0) is 48.6 Å². The molecule has 3 aromatic rings. The Morgan fingerprint density at radius 1 is 1.13 bits per heavy atom. The maximum absolute atomic E-state index is 12.8. The second-order valence-electron chi connectivity index (χ2n) is 8.48. The molecule has 5 rings (SSSR count). The molecule has 0 saturated carbocycles. The number of ketones is 1. The molecule has 2 aromatic carbocycles. The summed E-state index contributed by atoms with van der Waals surface area (Å²) >= 11 is 1.73. The maximum Gasteiger partial charge on any atom is 0.300 e. The number of benzene rings is 2. The number of rotatable bonds is 4. The Morgan fingerprint density at radius 2 is 1.97 bits per heavy atom. The molecular weight excluding hydrogens is 394 g/mol. The van der Waals surface area contributed by atoms with Crippen molar-refractivity contribution in [1.29, 1.82) is 0 Å². The van der Waals surface area contributed by atoms with Crippen molar-refractivity contribution in [3.8, 4) is 0 Å². The van der Waals surface area contributed by atoms with Gasteiger partial charge < -0.3 is 0 Å². The van der Waals surface area contributed by atoms with E-state index in [9.17, 15) is 9.59 Å². The van der Waals surface area contributed by atoms with Crippen LogP contribution in [0.4, 0.5) is 5.69 Å². The maximum atomic E-state index is 12.8. The van der Waals surface area contributed by atoms with Crippen LogP contribution in [0, 0.1) is 0 Å². The van der Waals surface area contributed by atoms with E-state index in [2.05, 4.69) is 24.8 Å². The topological polar surface area (TPSA) is 53.5 Å². The van der Waals surface area contributed by atoms with Gasteiger partial charge in [0.2, 0.25) is 0 Å². The second kappa shape index (κ2) is 7.60. The van der Waals surface area contributed by atoms with Crippen LogP contribution in [0.25, 0.3) is 10.2 Å². The third-order valence-electron chi connectivity index (χ3n) is 6.19. The summed E-state index contributed by atoms with van der Waals surface area (Å²) in [4.78, 5) is 34.4. The zero-order valence-electron chi connectivity index (χ0n) is 17.3. The van der Waals surface area contributed by atoms with Gasteiger partial charge in [-0.15, -0.1) is 11.3 Å². The Labute approximate surface area is 180 Å². The SMILES string of the molecule is CC(C)c1ccc2c(c1)C(=O)C(=O)N2CN1CCCC[C@H]1c1nc2ccccc2s1. The third-order valence-corrected chi connectivity index (χ3v) is 7.33. The third kappa shape index (κ3) is 3.24. The molecule has 1 amide bonds. The average Bonchev–Trinajstić information content (AvgIpc) is 3.29. The predicted molar refractivity (Wildman–Crippen MR) is 120 cm³/mol. The van der Waals surface area contributed by atoms with Crippen molar-refractivity contribution in [2.45, 2.75) is 45.1 Å². The molecule has 1 fully saturated rings. The van der Waals surface area contributed by atoms with Crippen molar-refractivity contribution in [2.24, 2.45) is 0 Å². The van der Waals surface area contributed by atoms with Crippen molar-refractivity contribution < 1.29 is 9.59 Å². The standard InChI is InChI=1S/C24H25N3O2S/c1-15(2)16-10-11-19-17(13-16)22(28)24(29)27(19)14-26-12-6-5-8-20(26)23-25-18-7-3-4-9-21(18)30-23/h3-4,7,9-11,13,15,20H,5-6,8,12,14H2,1-2H3/t20-/m0/s1. The van der Waals surface area contributed by atoms with Gasteiger partial charge >= 0.3 is 5.91 Å². The smallest absolute Gasteiger partial charge is 0.291 e. The molecule has 5 nitrogen and oxygen atoms in total. The Balaban J connectivity index is 1.45. The summed E-state index contributed by atoms with van der Waals surface area (Å²) < 4.78 is 1.19. The first-order valence-corrected chi connectivity index (χ1v) is 11.4. The van der Waals surface area contributed by atoms with Crippen molar-refractivity contribution in [2.75, 3.05) is 18.1 Å². The van der Waals surface area contributed by atoms with Crippen molar-refractivity contribution >= 4 is 38.9 Å². The fourth-order valence-corrected chi connectivity index (χ4v) is 5.61. The minimum absolute atomic E-state index is 0.179.